The highest BCUT2D eigenvalue weighted by molar-refractivity contribution is 7.89. The molecule has 0 fully saturated rings. The van der Waals surface area contributed by atoms with Crippen molar-refractivity contribution in [3.8, 4) is 0 Å². The van der Waals surface area contributed by atoms with Gasteiger partial charge in [-0.3, -0.25) is 4.79 Å². The zero-order chi connectivity index (χ0) is 13.9. The number of carbonyl (C=O) groups is 1. The van der Waals surface area contributed by atoms with Crippen LogP contribution in [-0.2, 0) is 14.8 Å². The first-order valence-electron chi connectivity index (χ1n) is 5.17. The van der Waals surface area contributed by atoms with E-state index in [2.05, 4.69) is 0 Å². The Kier molecular flexibility index (Phi) is 4.72. The van der Waals surface area contributed by atoms with Crippen LogP contribution in [0.3, 0.4) is 0 Å². The monoisotopic (exact) mass is 291 g/mol. The second kappa shape index (κ2) is 5.69. The molecule has 0 aliphatic carbocycles. The van der Waals surface area contributed by atoms with Crippen molar-refractivity contribution in [2.45, 2.75) is 13.0 Å². The highest BCUT2D eigenvalue weighted by atomic mass is 35.5. The van der Waals surface area contributed by atoms with E-state index in [1.165, 1.54) is 7.05 Å². The van der Waals surface area contributed by atoms with Gasteiger partial charge in [-0.15, -0.1) is 0 Å². The molecule has 18 heavy (non-hydrogen) atoms. The quantitative estimate of drug-likeness (QED) is 0.897. The van der Waals surface area contributed by atoms with E-state index in [1.807, 2.05) is 0 Å². The van der Waals surface area contributed by atoms with Crippen molar-refractivity contribution in [2.75, 3.05) is 12.8 Å². The molecule has 0 aliphatic heterocycles. The van der Waals surface area contributed by atoms with Gasteiger partial charge in [-0.05, 0) is 18.6 Å². The fourth-order valence-electron chi connectivity index (χ4n) is 1.51. The van der Waals surface area contributed by atoms with Crippen molar-refractivity contribution < 1.29 is 18.3 Å². The summed E-state index contributed by atoms with van der Waals surface area (Å²) in [6.45, 7) is 1.65. The zero-order valence-electron chi connectivity index (χ0n) is 10.00. The van der Waals surface area contributed by atoms with Crippen LogP contribution >= 0.6 is 11.6 Å². The standard InChI is InChI=1S/C11H14ClNO4S/c1-8(9-5-3-4-6-10(9)12)13(2)18(16,17)7-11(14)15/h3-6,8H,7H2,1-2H3,(H,14,15). The molecule has 0 saturated carbocycles. The van der Waals surface area contributed by atoms with Crippen molar-refractivity contribution in [3.63, 3.8) is 0 Å². The fourth-order valence-corrected chi connectivity index (χ4v) is 2.91. The third-order valence-electron chi connectivity index (χ3n) is 2.65. The van der Waals surface area contributed by atoms with E-state index in [0.29, 0.717) is 10.6 Å². The topological polar surface area (TPSA) is 74.7 Å². The van der Waals surface area contributed by atoms with Crippen LogP contribution in [0.15, 0.2) is 24.3 Å². The summed E-state index contributed by atoms with van der Waals surface area (Å²) in [6, 6.07) is 6.33. The van der Waals surface area contributed by atoms with Crippen molar-refractivity contribution in [3.05, 3.63) is 34.9 Å². The number of halogens is 1. The lowest BCUT2D eigenvalue weighted by Crippen LogP contribution is -2.34. The van der Waals surface area contributed by atoms with E-state index in [9.17, 15) is 13.2 Å². The summed E-state index contributed by atoms with van der Waals surface area (Å²) in [5.74, 6) is -2.31. The number of carboxylic acids is 1. The van der Waals surface area contributed by atoms with Crippen LogP contribution in [0.5, 0.6) is 0 Å². The predicted octanol–water partition coefficient (Wildman–Crippen LogP) is 1.75. The minimum absolute atomic E-state index is 0.447. The minimum atomic E-state index is -3.85. The van der Waals surface area contributed by atoms with Gasteiger partial charge in [0, 0.05) is 18.1 Å². The van der Waals surface area contributed by atoms with Crippen molar-refractivity contribution in [2.24, 2.45) is 0 Å². The van der Waals surface area contributed by atoms with Crippen LogP contribution in [0.25, 0.3) is 0 Å². The minimum Gasteiger partial charge on any atom is -0.480 e. The summed E-state index contributed by atoms with van der Waals surface area (Å²) in [5.41, 5.74) is 0.635. The molecule has 1 rings (SSSR count). The number of rotatable bonds is 5. The molecule has 7 heteroatoms. The molecule has 1 unspecified atom stereocenters. The van der Waals surface area contributed by atoms with E-state index >= 15 is 0 Å². The Balaban J connectivity index is 3.01. The Bertz CT molecular complexity index is 544. The zero-order valence-corrected chi connectivity index (χ0v) is 11.6. The first kappa shape index (κ1) is 14.9. The molecule has 0 amide bonds. The lowest BCUT2D eigenvalue weighted by molar-refractivity contribution is -0.134. The number of nitrogens with zero attached hydrogens (tertiary/aromatic N) is 1. The van der Waals surface area contributed by atoms with Gasteiger partial charge < -0.3 is 5.11 Å². The second-order valence-corrected chi connectivity index (χ2v) is 6.30. The molecule has 1 N–H and O–H groups in total. The predicted molar refractivity (Wildman–Crippen MR) is 69.1 cm³/mol. The summed E-state index contributed by atoms with van der Waals surface area (Å²) in [6.07, 6.45) is 0. The number of carboxylic acid groups (broad SMARTS) is 1. The van der Waals surface area contributed by atoms with E-state index in [1.54, 1.807) is 31.2 Å². The van der Waals surface area contributed by atoms with Gasteiger partial charge >= 0.3 is 5.97 Å². The number of aliphatic carboxylic acids is 1. The summed E-state index contributed by atoms with van der Waals surface area (Å²) < 4.78 is 24.6. The van der Waals surface area contributed by atoms with Gasteiger partial charge in [-0.2, -0.15) is 4.31 Å². The Morgan fingerprint density at radius 1 is 1.44 bits per heavy atom. The van der Waals surface area contributed by atoms with Crippen molar-refractivity contribution in [1.82, 2.24) is 4.31 Å². The van der Waals surface area contributed by atoms with Gasteiger partial charge in [-0.25, -0.2) is 8.42 Å². The van der Waals surface area contributed by atoms with E-state index in [0.717, 1.165) is 4.31 Å². The molecular weight excluding hydrogens is 278 g/mol. The lowest BCUT2D eigenvalue weighted by atomic mass is 10.1. The summed E-state index contributed by atoms with van der Waals surface area (Å²) in [5, 5.41) is 9.02. The van der Waals surface area contributed by atoms with Gasteiger partial charge in [0.05, 0.1) is 0 Å². The van der Waals surface area contributed by atoms with Gasteiger partial charge in [0.25, 0.3) is 0 Å². The third-order valence-corrected chi connectivity index (χ3v) is 4.80. The molecule has 0 radical (unpaired) electrons. The molecule has 5 nitrogen and oxygen atoms in total. The Morgan fingerprint density at radius 2 is 2.00 bits per heavy atom. The van der Waals surface area contributed by atoms with Crippen LogP contribution in [-0.4, -0.2) is 36.6 Å². The average Bonchev–Trinajstić information content (AvgIpc) is 2.26. The molecule has 0 aliphatic rings. The maximum absolute atomic E-state index is 11.8. The largest absolute Gasteiger partial charge is 0.480 e. The van der Waals surface area contributed by atoms with E-state index in [-0.39, 0.29) is 0 Å². The molecule has 1 atom stereocenters. The van der Waals surface area contributed by atoms with Crippen LogP contribution in [0, 0.1) is 0 Å². The maximum Gasteiger partial charge on any atom is 0.320 e. The highest BCUT2D eigenvalue weighted by Crippen LogP contribution is 2.27. The Labute approximate surface area is 111 Å². The van der Waals surface area contributed by atoms with Gasteiger partial charge in [0.2, 0.25) is 10.0 Å². The number of hydrogen-bond acceptors (Lipinski definition) is 3. The normalized spacial score (nSPS) is 13.6. The number of benzene rings is 1. The molecule has 0 saturated heterocycles. The van der Waals surface area contributed by atoms with E-state index < -0.39 is 27.8 Å². The van der Waals surface area contributed by atoms with Gasteiger partial charge in [-0.1, -0.05) is 29.8 Å². The van der Waals surface area contributed by atoms with Gasteiger partial charge in [0.15, 0.2) is 5.75 Å². The van der Waals surface area contributed by atoms with Crippen molar-refractivity contribution >= 4 is 27.6 Å². The molecule has 100 valence electrons. The molecule has 1 aromatic carbocycles. The van der Waals surface area contributed by atoms with Gasteiger partial charge in [0.1, 0.15) is 0 Å². The summed E-state index contributed by atoms with van der Waals surface area (Å²) >= 11 is 5.98. The fraction of sp³-hybridized carbons (Fsp3) is 0.364. The lowest BCUT2D eigenvalue weighted by Gasteiger charge is -2.24. The summed E-state index contributed by atoms with van der Waals surface area (Å²) in [7, 11) is -2.51. The molecule has 0 aromatic heterocycles. The smallest absolute Gasteiger partial charge is 0.320 e. The molecule has 0 bridgehead atoms. The highest BCUT2D eigenvalue weighted by Gasteiger charge is 2.27. The average molecular weight is 292 g/mol. The van der Waals surface area contributed by atoms with Crippen LogP contribution in [0.4, 0.5) is 0 Å². The molecular formula is C11H14ClNO4S. The molecule has 1 aromatic rings. The molecule has 0 spiro atoms. The number of hydrogen-bond donors (Lipinski definition) is 1. The second-order valence-electron chi connectivity index (χ2n) is 3.86. The number of sulfonamides is 1. The molecule has 0 heterocycles. The summed E-state index contributed by atoms with van der Waals surface area (Å²) in [4.78, 5) is 10.5. The van der Waals surface area contributed by atoms with E-state index in [4.69, 9.17) is 16.7 Å². The Morgan fingerprint density at radius 3 is 2.50 bits per heavy atom. The Hall–Kier alpha value is -1.11. The van der Waals surface area contributed by atoms with Crippen LogP contribution < -0.4 is 0 Å². The maximum atomic E-state index is 11.8. The van der Waals surface area contributed by atoms with Crippen molar-refractivity contribution in [1.29, 1.82) is 0 Å². The SMILES string of the molecule is CC(c1ccccc1Cl)N(C)S(=O)(=O)CC(=O)O. The third kappa shape index (κ3) is 3.44. The van der Waals surface area contributed by atoms with Crippen LogP contribution in [0.1, 0.15) is 18.5 Å². The van der Waals surface area contributed by atoms with Crippen LogP contribution in [0.2, 0.25) is 5.02 Å². The first-order valence-corrected chi connectivity index (χ1v) is 7.16. The first-order chi connectivity index (χ1) is 8.25.